The van der Waals surface area contributed by atoms with E-state index in [2.05, 4.69) is 10.6 Å². The number of carbonyl (C=O) groups is 2. The van der Waals surface area contributed by atoms with Crippen molar-refractivity contribution in [1.29, 1.82) is 0 Å². The lowest BCUT2D eigenvalue weighted by molar-refractivity contribution is -0.125. The third kappa shape index (κ3) is 4.60. The molecule has 2 aromatic rings. The molecule has 0 fully saturated rings. The van der Waals surface area contributed by atoms with Gasteiger partial charge >= 0.3 is 0 Å². The Morgan fingerprint density at radius 3 is 2.48 bits per heavy atom. The van der Waals surface area contributed by atoms with E-state index >= 15 is 0 Å². The summed E-state index contributed by atoms with van der Waals surface area (Å²) in [5.74, 6) is -0.291. The van der Waals surface area contributed by atoms with Crippen LogP contribution in [0.3, 0.4) is 0 Å². The zero-order valence-corrected chi connectivity index (χ0v) is 12.2. The van der Waals surface area contributed by atoms with Crippen molar-refractivity contribution in [3.63, 3.8) is 0 Å². The average molecular weight is 284 g/mol. The second-order valence-electron chi connectivity index (χ2n) is 4.98. The van der Waals surface area contributed by atoms with Gasteiger partial charge in [-0.25, -0.2) is 0 Å². The van der Waals surface area contributed by atoms with E-state index in [1.54, 1.807) is 0 Å². The van der Waals surface area contributed by atoms with Gasteiger partial charge in [0.15, 0.2) is 0 Å². The molecule has 0 unspecified atom stereocenters. The fourth-order valence-electron chi connectivity index (χ4n) is 2.10. The number of fused-ring (bicyclic) bond motifs is 1. The van der Waals surface area contributed by atoms with Crippen LogP contribution in [0.2, 0.25) is 0 Å². The van der Waals surface area contributed by atoms with Crippen molar-refractivity contribution >= 4 is 22.6 Å². The van der Waals surface area contributed by atoms with Crippen LogP contribution in [0.25, 0.3) is 10.8 Å². The van der Waals surface area contributed by atoms with Gasteiger partial charge < -0.3 is 10.6 Å². The molecule has 4 heteroatoms. The molecule has 0 aliphatic heterocycles. The molecule has 0 heterocycles. The minimum atomic E-state index is -0.149. The fraction of sp³-hybridized carbons (Fsp3) is 0.294. The van der Waals surface area contributed by atoms with E-state index < -0.39 is 0 Å². The second-order valence-corrected chi connectivity index (χ2v) is 4.98. The summed E-state index contributed by atoms with van der Waals surface area (Å²) in [5.41, 5.74) is 0.945. The number of benzene rings is 2. The van der Waals surface area contributed by atoms with E-state index in [1.807, 2.05) is 49.4 Å². The Kier molecular flexibility index (Phi) is 5.32. The van der Waals surface area contributed by atoms with Gasteiger partial charge in [0.1, 0.15) is 0 Å². The van der Waals surface area contributed by atoms with E-state index in [0.717, 1.165) is 22.8 Å². The lowest BCUT2D eigenvalue weighted by atomic mass is 10.1. The van der Waals surface area contributed by atoms with Gasteiger partial charge in [0.25, 0.3) is 0 Å². The summed E-state index contributed by atoms with van der Waals surface area (Å²) in [4.78, 5) is 23.2. The number of hydrogen-bond donors (Lipinski definition) is 2. The molecule has 2 rings (SSSR count). The molecule has 21 heavy (non-hydrogen) atoms. The lowest BCUT2D eigenvalue weighted by Gasteiger charge is -2.07. The molecule has 0 aliphatic carbocycles. The van der Waals surface area contributed by atoms with Crippen molar-refractivity contribution < 1.29 is 9.59 Å². The standard InChI is InChI=1S/C17H20N2O2/c1-2-9-18-17(21)12-19-16(20)11-13-7-8-14-5-3-4-6-15(14)10-13/h3-8,10H,2,9,11-12H2,1H3,(H,18,21)(H,19,20). The number of amides is 2. The molecule has 2 amide bonds. The van der Waals surface area contributed by atoms with E-state index in [1.165, 1.54) is 0 Å². The molecule has 0 spiro atoms. The zero-order valence-electron chi connectivity index (χ0n) is 12.2. The maximum absolute atomic E-state index is 11.8. The smallest absolute Gasteiger partial charge is 0.239 e. The fourth-order valence-corrected chi connectivity index (χ4v) is 2.10. The number of hydrogen-bond acceptors (Lipinski definition) is 2. The van der Waals surface area contributed by atoms with Crippen LogP contribution in [0.1, 0.15) is 18.9 Å². The Bertz CT molecular complexity index is 637. The highest BCUT2D eigenvalue weighted by Crippen LogP contribution is 2.15. The van der Waals surface area contributed by atoms with Crippen molar-refractivity contribution in [2.45, 2.75) is 19.8 Å². The Morgan fingerprint density at radius 2 is 1.71 bits per heavy atom. The van der Waals surface area contributed by atoms with Crippen molar-refractivity contribution in [3.05, 3.63) is 48.0 Å². The molecular formula is C17H20N2O2. The SMILES string of the molecule is CCCNC(=O)CNC(=O)Cc1ccc2ccccc2c1. The van der Waals surface area contributed by atoms with Gasteiger partial charge in [0, 0.05) is 6.54 Å². The predicted octanol–water partition coefficient (Wildman–Crippen LogP) is 2.02. The summed E-state index contributed by atoms with van der Waals surface area (Å²) in [7, 11) is 0. The van der Waals surface area contributed by atoms with Crippen LogP contribution in [0, 0.1) is 0 Å². The first kappa shape index (κ1) is 15.0. The first-order valence-electron chi connectivity index (χ1n) is 7.20. The van der Waals surface area contributed by atoms with Gasteiger partial charge in [0.05, 0.1) is 13.0 Å². The van der Waals surface area contributed by atoms with Gasteiger partial charge in [0.2, 0.25) is 11.8 Å². The number of nitrogens with one attached hydrogen (secondary N) is 2. The molecule has 0 bridgehead atoms. The molecule has 0 atom stereocenters. The van der Waals surface area contributed by atoms with Crippen molar-refractivity contribution in [2.75, 3.05) is 13.1 Å². The largest absolute Gasteiger partial charge is 0.355 e. The van der Waals surface area contributed by atoms with Crippen molar-refractivity contribution in [1.82, 2.24) is 10.6 Å². The molecule has 0 aromatic heterocycles. The van der Waals surface area contributed by atoms with E-state index in [0.29, 0.717) is 6.54 Å². The zero-order chi connectivity index (χ0) is 15.1. The van der Waals surface area contributed by atoms with Crippen LogP contribution < -0.4 is 10.6 Å². The van der Waals surface area contributed by atoms with Gasteiger partial charge in [-0.15, -0.1) is 0 Å². The van der Waals surface area contributed by atoms with E-state index in [-0.39, 0.29) is 24.8 Å². The van der Waals surface area contributed by atoms with Gasteiger partial charge in [-0.05, 0) is 22.8 Å². The van der Waals surface area contributed by atoms with E-state index in [9.17, 15) is 9.59 Å². The van der Waals surface area contributed by atoms with Crippen LogP contribution in [-0.2, 0) is 16.0 Å². The minimum absolute atomic E-state index is 0.0341. The van der Waals surface area contributed by atoms with E-state index in [4.69, 9.17) is 0 Å². The first-order valence-corrected chi connectivity index (χ1v) is 7.20. The molecule has 0 saturated carbocycles. The second kappa shape index (κ2) is 7.43. The number of carbonyl (C=O) groups excluding carboxylic acids is 2. The highest BCUT2D eigenvalue weighted by molar-refractivity contribution is 5.87. The Hall–Kier alpha value is -2.36. The van der Waals surface area contributed by atoms with Gasteiger partial charge in [-0.1, -0.05) is 49.4 Å². The molecular weight excluding hydrogens is 264 g/mol. The van der Waals surface area contributed by atoms with Gasteiger partial charge in [-0.2, -0.15) is 0 Å². The minimum Gasteiger partial charge on any atom is -0.355 e. The summed E-state index contributed by atoms with van der Waals surface area (Å²) in [6, 6.07) is 14.0. The van der Waals surface area contributed by atoms with Crippen LogP contribution in [0.4, 0.5) is 0 Å². The topological polar surface area (TPSA) is 58.2 Å². The normalized spacial score (nSPS) is 10.3. The van der Waals surface area contributed by atoms with Crippen LogP contribution in [-0.4, -0.2) is 24.9 Å². The first-order chi connectivity index (χ1) is 10.2. The van der Waals surface area contributed by atoms with Crippen LogP contribution >= 0.6 is 0 Å². The van der Waals surface area contributed by atoms with Crippen molar-refractivity contribution in [3.8, 4) is 0 Å². The van der Waals surface area contributed by atoms with Crippen LogP contribution in [0.5, 0.6) is 0 Å². The maximum atomic E-state index is 11.8. The monoisotopic (exact) mass is 284 g/mol. The summed E-state index contributed by atoms with van der Waals surface area (Å²) in [6.07, 6.45) is 1.17. The molecule has 2 N–H and O–H groups in total. The predicted molar refractivity (Wildman–Crippen MR) is 84.0 cm³/mol. The Labute approximate surface area is 124 Å². The Morgan fingerprint density at radius 1 is 0.952 bits per heavy atom. The highest BCUT2D eigenvalue weighted by atomic mass is 16.2. The molecule has 110 valence electrons. The molecule has 0 aliphatic rings. The molecule has 4 nitrogen and oxygen atoms in total. The lowest BCUT2D eigenvalue weighted by Crippen LogP contribution is -2.37. The summed E-state index contributed by atoms with van der Waals surface area (Å²) >= 11 is 0. The molecule has 0 saturated heterocycles. The number of rotatable bonds is 6. The molecule has 0 radical (unpaired) electrons. The Balaban J connectivity index is 1.88. The van der Waals surface area contributed by atoms with Crippen LogP contribution in [0.15, 0.2) is 42.5 Å². The molecule has 2 aromatic carbocycles. The summed E-state index contributed by atoms with van der Waals surface area (Å²) in [5, 5.41) is 7.63. The average Bonchev–Trinajstić information content (AvgIpc) is 2.50. The summed E-state index contributed by atoms with van der Waals surface area (Å²) < 4.78 is 0. The maximum Gasteiger partial charge on any atom is 0.239 e. The van der Waals surface area contributed by atoms with Gasteiger partial charge in [-0.3, -0.25) is 9.59 Å². The third-order valence-corrected chi connectivity index (χ3v) is 3.20. The summed E-state index contributed by atoms with van der Waals surface area (Å²) in [6.45, 7) is 2.66. The van der Waals surface area contributed by atoms with Crippen molar-refractivity contribution in [2.24, 2.45) is 0 Å². The quantitative estimate of drug-likeness (QED) is 0.852. The third-order valence-electron chi connectivity index (χ3n) is 3.20. The highest BCUT2D eigenvalue weighted by Gasteiger charge is 2.06.